The molecule has 22 heavy (non-hydrogen) atoms. The molecule has 0 aliphatic carbocycles. The van der Waals surface area contributed by atoms with E-state index in [-0.39, 0.29) is 12.5 Å². The highest BCUT2D eigenvalue weighted by Crippen LogP contribution is 2.29. The Labute approximate surface area is 125 Å². The van der Waals surface area contributed by atoms with E-state index >= 15 is 0 Å². The molecule has 0 radical (unpaired) electrons. The summed E-state index contributed by atoms with van der Waals surface area (Å²) in [5.41, 5.74) is 5.01. The van der Waals surface area contributed by atoms with E-state index in [4.69, 9.17) is 15.2 Å². The van der Waals surface area contributed by atoms with Crippen LogP contribution in [-0.4, -0.2) is 55.3 Å². The van der Waals surface area contributed by atoms with Crippen LogP contribution >= 0.6 is 0 Å². The quantitative estimate of drug-likeness (QED) is 0.512. The zero-order valence-corrected chi connectivity index (χ0v) is 11.8. The van der Waals surface area contributed by atoms with Crippen LogP contribution in [0.1, 0.15) is 5.56 Å². The average Bonchev–Trinajstić information content (AvgIpc) is 2.52. The van der Waals surface area contributed by atoms with Crippen LogP contribution in [0.5, 0.6) is 5.88 Å². The van der Waals surface area contributed by atoms with Crippen molar-refractivity contribution in [1.29, 1.82) is 0 Å². The van der Waals surface area contributed by atoms with Crippen molar-refractivity contribution >= 4 is 5.96 Å². The zero-order valence-electron chi connectivity index (χ0n) is 11.8. The molecule has 1 fully saturated rings. The summed E-state index contributed by atoms with van der Waals surface area (Å²) in [5, 5.41) is 0. The standard InChI is InChI=1S/C13H17F3N4O2/c14-13(15,16)10-1-2-11(19-9-10)22-6-3-18-12(17)20-4-7-21-8-5-20/h1-2,9H,3-8H2,(H2,17,18). The van der Waals surface area contributed by atoms with Crippen LogP contribution < -0.4 is 10.5 Å². The summed E-state index contributed by atoms with van der Waals surface area (Å²) in [5.74, 6) is 0.528. The maximum Gasteiger partial charge on any atom is 0.417 e. The van der Waals surface area contributed by atoms with Crippen LogP contribution in [0.2, 0.25) is 0 Å². The minimum Gasteiger partial charge on any atom is -0.476 e. The highest BCUT2D eigenvalue weighted by atomic mass is 19.4. The van der Waals surface area contributed by atoms with E-state index in [1.807, 2.05) is 4.90 Å². The fourth-order valence-electron chi connectivity index (χ4n) is 1.84. The number of rotatable bonds is 4. The fraction of sp³-hybridized carbons (Fsp3) is 0.538. The van der Waals surface area contributed by atoms with Gasteiger partial charge in [0.25, 0.3) is 0 Å². The lowest BCUT2D eigenvalue weighted by Crippen LogP contribution is -2.45. The molecule has 2 N–H and O–H groups in total. The number of nitrogens with two attached hydrogens (primary N) is 1. The maximum absolute atomic E-state index is 12.4. The molecule has 0 unspecified atom stereocenters. The van der Waals surface area contributed by atoms with Gasteiger partial charge in [-0.1, -0.05) is 0 Å². The van der Waals surface area contributed by atoms with Gasteiger partial charge in [0.15, 0.2) is 5.96 Å². The Bertz CT molecular complexity index is 499. The lowest BCUT2D eigenvalue weighted by atomic mass is 10.3. The molecule has 1 aromatic rings. The first-order valence-electron chi connectivity index (χ1n) is 6.75. The number of guanidine groups is 1. The molecule has 0 amide bonds. The fourth-order valence-corrected chi connectivity index (χ4v) is 1.84. The Morgan fingerprint density at radius 1 is 1.36 bits per heavy atom. The molecule has 0 bridgehead atoms. The molecule has 2 rings (SSSR count). The maximum atomic E-state index is 12.4. The minimum absolute atomic E-state index is 0.119. The summed E-state index contributed by atoms with van der Waals surface area (Å²) in [7, 11) is 0. The highest BCUT2D eigenvalue weighted by Gasteiger charge is 2.30. The molecule has 6 nitrogen and oxygen atoms in total. The van der Waals surface area contributed by atoms with Gasteiger partial charge in [0.1, 0.15) is 6.61 Å². The topological polar surface area (TPSA) is 73.0 Å². The Morgan fingerprint density at radius 2 is 2.09 bits per heavy atom. The highest BCUT2D eigenvalue weighted by molar-refractivity contribution is 5.78. The van der Waals surface area contributed by atoms with E-state index in [0.29, 0.717) is 38.8 Å². The Hall–Kier alpha value is -2.03. The van der Waals surface area contributed by atoms with Crippen molar-refractivity contribution in [3.63, 3.8) is 0 Å². The van der Waals surface area contributed by atoms with Gasteiger partial charge in [-0.3, -0.25) is 0 Å². The van der Waals surface area contributed by atoms with Crippen molar-refractivity contribution < 1.29 is 22.6 Å². The van der Waals surface area contributed by atoms with Crippen LogP contribution in [0, 0.1) is 0 Å². The number of aliphatic imine (C=N–C) groups is 1. The monoisotopic (exact) mass is 318 g/mol. The van der Waals surface area contributed by atoms with Crippen molar-refractivity contribution in [1.82, 2.24) is 9.88 Å². The summed E-state index contributed by atoms with van der Waals surface area (Å²) < 4.78 is 47.5. The van der Waals surface area contributed by atoms with Gasteiger partial charge < -0.3 is 20.1 Å². The van der Waals surface area contributed by atoms with Gasteiger partial charge >= 0.3 is 6.18 Å². The number of morpholine rings is 1. The first-order valence-corrected chi connectivity index (χ1v) is 6.75. The third-order valence-electron chi connectivity index (χ3n) is 3.01. The van der Waals surface area contributed by atoms with E-state index in [0.717, 1.165) is 12.3 Å². The summed E-state index contributed by atoms with van der Waals surface area (Å²) in [6.07, 6.45) is -3.66. The minimum atomic E-state index is -4.40. The third-order valence-corrected chi connectivity index (χ3v) is 3.01. The van der Waals surface area contributed by atoms with Crippen LogP contribution in [0.3, 0.4) is 0 Å². The molecule has 0 aromatic carbocycles. The van der Waals surface area contributed by atoms with Crippen LogP contribution in [0.25, 0.3) is 0 Å². The smallest absolute Gasteiger partial charge is 0.417 e. The van der Waals surface area contributed by atoms with Crippen molar-refractivity contribution in [2.24, 2.45) is 10.7 Å². The van der Waals surface area contributed by atoms with E-state index in [9.17, 15) is 13.2 Å². The summed E-state index contributed by atoms with van der Waals surface area (Å²) in [6, 6.07) is 2.10. The molecule has 1 saturated heterocycles. The number of aromatic nitrogens is 1. The van der Waals surface area contributed by atoms with Crippen molar-refractivity contribution in [3.8, 4) is 5.88 Å². The van der Waals surface area contributed by atoms with Gasteiger partial charge in [-0.05, 0) is 6.07 Å². The molecule has 122 valence electrons. The Kier molecular flexibility index (Phi) is 5.42. The van der Waals surface area contributed by atoms with Gasteiger partial charge in [0.05, 0.1) is 25.3 Å². The second kappa shape index (κ2) is 7.30. The van der Waals surface area contributed by atoms with Crippen molar-refractivity contribution in [3.05, 3.63) is 23.9 Å². The second-order valence-electron chi connectivity index (χ2n) is 4.57. The van der Waals surface area contributed by atoms with Gasteiger partial charge in [-0.25, -0.2) is 9.98 Å². The van der Waals surface area contributed by atoms with Gasteiger partial charge in [0.2, 0.25) is 5.88 Å². The van der Waals surface area contributed by atoms with Crippen LogP contribution in [0.4, 0.5) is 13.2 Å². The number of alkyl halides is 3. The summed E-state index contributed by atoms with van der Waals surface area (Å²) in [6.45, 7) is 3.09. The first kappa shape index (κ1) is 16.3. The number of nitrogens with zero attached hydrogens (tertiary/aromatic N) is 3. The molecule has 0 saturated carbocycles. The molecular formula is C13H17F3N4O2. The predicted octanol–water partition coefficient (Wildman–Crippen LogP) is 1.13. The van der Waals surface area contributed by atoms with Gasteiger partial charge in [-0.2, -0.15) is 13.2 Å². The predicted molar refractivity (Wildman–Crippen MR) is 73.6 cm³/mol. The molecule has 9 heteroatoms. The number of hydrogen-bond acceptors (Lipinski definition) is 4. The van der Waals surface area contributed by atoms with Crippen LogP contribution in [-0.2, 0) is 10.9 Å². The molecule has 1 aliphatic heterocycles. The summed E-state index contributed by atoms with van der Waals surface area (Å²) >= 11 is 0. The Balaban J connectivity index is 1.76. The number of pyridine rings is 1. The second-order valence-corrected chi connectivity index (χ2v) is 4.57. The Morgan fingerprint density at radius 3 is 2.68 bits per heavy atom. The first-order chi connectivity index (χ1) is 10.5. The van der Waals surface area contributed by atoms with E-state index < -0.39 is 11.7 Å². The van der Waals surface area contributed by atoms with Crippen LogP contribution in [0.15, 0.2) is 23.3 Å². The zero-order chi connectivity index (χ0) is 16.0. The molecule has 1 aliphatic rings. The molecule has 2 heterocycles. The number of hydrogen-bond donors (Lipinski definition) is 1. The molecule has 0 atom stereocenters. The molecular weight excluding hydrogens is 301 g/mol. The van der Waals surface area contributed by atoms with Crippen molar-refractivity contribution in [2.45, 2.75) is 6.18 Å². The van der Waals surface area contributed by atoms with E-state index in [1.165, 1.54) is 6.07 Å². The van der Waals surface area contributed by atoms with Crippen molar-refractivity contribution in [2.75, 3.05) is 39.5 Å². The van der Waals surface area contributed by atoms with E-state index in [2.05, 4.69) is 9.98 Å². The van der Waals surface area contributed by atoms with E-state index in [1.54, 1.807) is 0 Å². The lowest BCUT2D eigenvalue weighted by Gasteiger charge is -2.27. The van der Waals surface area contributed by atoms with Gasteiger partial charge in [0, 0.05) is 25.4 Å². The number of ether oxygens (including phenoxy) is 2. The SMILES string of the molecule is NC(=NCCOc1ccc(C(F)(F)F)cn1)N1CCOCC1. The molecule has 0 spiro atoms. The third kappa shape index (κ3) is 4.76. The largest absolute Gasteiger partial charge is 0.476 e. The van der Waals surface area contributed by atoms with Gasteiger partial charge in [-0.15, -0.1) is 0 Å². The lowest BCUT2D eigenvalue weighted by molar-refractivity contribution is -0.137. The normalized spacial score (nSPS) is 16.7. The average molecular weight is 318 g/mol. The molecule has 1 aromatic heterocycles. The summed E-state index contributed by atoms with van der Waals surface area (Å²) in [4.78, 5) is 9.66. The number of halogens is 3.